The van der Waals surface area contributed by atoms with E-state index in [2.05, 4.69) is 30.0 Å². The highest BCUT2D eigenvalue weighted by atomic mass is 16.3. The highest BCUT2D eigenvalue weighted by Crippen LogP contribution is 2.50. The maximum atomic E-state index is 10.4. The quantitative estimate of drug-likeness (QED) is 0.842. The summed E-state index contributed by atoms with van der Waals surface area (Å²) in [6.07, 6.45) is 4.42. The maximum absolute atomic E-state index is 10.4. The summed E-state index contributed by atoms with van der Waals surface area (Å²) in [5.74, 6) is -0.00140. The van der Waals surface area contributed by atoms with Gasteiger partial charge in [-0.3, -0.25) is 4.90 Å². The molecule has 120 valence electrons. The maximum Gasteiger partial charge on any atom is 0.165 e. The lowest BCUT2D eigenvalue weighted by atomic mass is 9.76. The van der Waals surface area contributed by atoms with Gasteiger partial charge in [-0.2, -0.15) is 0 Å². The molecule has 1 heterocycles. The first-order valence-corrected chi connectivity index (χ1v) is 8.60. The summed E-state index contributed by atoms with van der Waals surface area (Å²) < 4.78 is 0. The van der Waals surface area contributed by atoms with Crippen molar-refractivity contribution in [2.24, 2.45) is 0 Å². The lowest BCUT2D eigenvalue weighted by Gasteiger charge is -2.41. The van der Waals surface area contributed by atoms with Crippen LogP contribution in [-0.4, -0.2) is 28.2 Å². The van der Waals surface area contributed by atoms with Crippen molar-refractivity contribution in [2.75, 3.05) is 13.1 Å². The SMILES string of the molecule is CCCCN1CCc2cccc3c2[C@H]1Cc1ccc(O)c(O)c1-3. The minimum absolute atomic E-state index is 0.0278. The Bertz CT molecular complexity index is 754. The predicted octanol–water partition coefficient (Wildman–Crippen LogP) is 4.02. The molecule has 0 unspecified atom stereocenters. The molecule has 23 heavy (non-hydrogen) atoms. The van der Waals surface area contributed by atoms with Crippen molar-refractivity contribution in [3.05, 3.63) is 47.0 Å². The van der Waals surface area contributed by atoms with Gasteiger partial charge in [0.25, 0.3) is 0 Å². The fourth-order valence-corrected chi connectivity index (χ4v) is 4.21. The summed E-state index contributed by atoms with van der Waals surface area (Å²) in [5.41, 5.74) is 5.83. The van der Waals surface area contributed by atoms with E-state index in [-0.39, 0.29) is 11.5 Å². The molecule has 2 N–H and O–H groups in total. The van der Waals surface area contributed by atoms with Crippen LogP contribution in [0.15, 0.2) is 30.3 Å². The molecule has 0 saturated carbocycles. The third kappa shape index (κ3) is 2.22. The van der Waals surface area contributed by atoms with Gasteiger partial charge in [-0.25, -0.2) is 0 Å². The van der Waals surface area contributed by atoms with Crippen molar-refractivity contribution < 1.29 is 10.2 Å². The minimum atomic E-state index is -0.0292. The number of nitrogens with zero attached hydrogens (tertiary/aromatic N) is 1. The predicted molar refractivity (Wildman–Crippen MR) is 91.8 cm³/mol. The van der Waals surface area contributed by atoms with Crippen LogP contribution in [0, 0.1) is 0 Å². The molecule has 0 bridgehead atoms. The zero-order chi connectivity index (χ0) is 16.0. The molecule has 0 radical (unpaired) electrons. The summed E-state index contributed by atoms with van der Waals surface area (Å²) in [4.78, 5) is 2.60. The number of phenolic OH excluding ortho intramolecular Hbond substituents is 2. The fraction of sp³-hybridized carbons (Fsp3) is 0.400. The van der Waals surface area contributed by atoms with Gasteiger partial charge in [-0.1, -0.05) is 37.6 Å². The molecule has 3 nitrogen and oxygen atoms in total. The van der Waals surface area contributed by atoms with E-state index < -0.39 is 0 Å². The number of hydrogen-bond acceptors (Lipinski definition) is 3. The number of benzene rings is 2. The van der Waals surface area contributed by atoms with Crippen molar-refractivity contribution in [1.82, 2.24) is 4.90 Å². The Balaban J connectivity index is 1.87. The molecule has 1 atom stereocenters. The van der Waals surface area contributed by atoms with Crippen molar-refractivity contribution >= 4 is 0 Å². The van der Waals surface area contributed by atoms with Crippen LogP contribution in [0.3, 0.4) is 0 Å². The largest absolute Gasteiger partial charge is 0.504 e. The Morgan fingerprint density at radius 2 is 2.00 bits per heavy atom. The van der Waals surface area contributed by atoms with Crippen LogP contribution in [0.25, 0.3) is 11.1 Å². The monoisotopic (exact) mass is 309 g/mol. The molecule has 2 aromatic carbocycles. The number of fused-ring (bicyclic) bond motifs is 2. The highest BCUT2D eigenvalue weighted by molar-refractivity contribution is 5.82. The van der Waals surface area contributed by atoms with E-state index in [1.54, 1.807) is 6.07 Å². The summed E-state index contributed by atoms with van der Waals surface area (Å²) in [6.45, 7) is 4.48. The molecule has 0 fully saturated rings. The van der Waals surface area contributed by atoms with Gasteiger partial charge in [-0.15, -0.1) is 0 Å². The molecule has 2 aliphatic rings. The smallest absolute Gasteiger partial charge is 0.165 e. The molecule has 4 rings (SSSR count). The second kappa shape index (κ2) is 5.57. The topological polar surface area (TPSA) is 43.7 Å². The lowest BCUT2D eigenvalue weighted by Crippen LogP contribution is -2.39. The summed E-state index contributed by atoms with van der Waals surface area (Å²) in [7, 11) is 0. The Hall–Kier alpha value is -2.00. The van der Waals surface area contributed by atoms with Crippen LogP contribution in [0.1, 0.15) is 42.5 Å². The van der Waals surface area contributed by atoms with Crippen molar-refractivity contribution in [1.29, 1.82) is 0 Å². The van der Waals surface area contributed by atoms with Gasteiger partial charge in [0.15, 0.2) is 11.5 Å². The van der Waals surface area contributed by atoms with Gasteiger partial charge in [-0.05, 0) is 54.1 Å². The van der Waals surface area contributed by atoms with Crippen LogP contribution < -0.4 is 0 Å². The zero-order valence-corrected chi connectivity index (χ0v) is 13.5. The third-order valence-electron chi connectivity index (χ3n) is 5.36. The summed E-state index contributed by atoms with van der Waals surface area (Å²) in [5, 5.41) is 20.3. The van der Waals surface area contributed by atoms with Gasteiger partial charge in [0, 0.05) is 18.2 Å². The lowest BCUT2D eigenvalue weighted by molar-refractivity contribution is 0.180. The number of aromatic hydroxyl groups is 2. The Kier molecular flexibility index (Phi) is 3.53. The van der Waals surface area contributed by atoms with E-state index >= 15 is 0 Å². The summed E-state index contributed by atoms with van der Waals surface area (Å²) >= 11 is 0. The summed E-state index contributed by atoms with van der Waals surface area (Å²) in [6, 6.07) is 10.4. The van der Waals surface area contributed by atoms with Crippen molar-refractivity contribution in [3.63, 3.8) is 0 Å². The van der Waals surface area contributed by atoms with E-state index in [1.807, 2.05) is 6.07 Å². The molecule has 1 aliphatic carbocycles. The first-order chi connectivity index (χ1) is 11.2. The van der Waals surface area contributed by atoms with Crippen LogP contribution in [0.4, 0.5) is 0 Å². The number of unbranched alkanes of at least 4 members (excludes halogenated alkanes) is 1. The van der Waals surface area contributed by atoms with E-state index in [9.17, 15) is 10.2 Å². The van der Waals surface area contributed by atoms with E-state index in [4.69, 9.17) is 0 Å². The number of hydrogen-bond donors (Lipinski definition) is 2. The zero-order valence-electron chi connectivity index (χ0n) is 13.5. The Morgan fingerprint density at radius 3 is 2.83 bits per heavy atom. The average Bonchev–Trinajstić information content (AvgIpc) is 2.57. The van der Waals surface area contributed by atoms with Gasteiger partial charge in [0.05, 0.1) is 0 Å². The first-order valence-electron chi connectivity index (χ1n) is 8.60. The van der Waals surface area contributed by atoms with E-state index in [0.29, 0.717) is 6.04 Å². The standard InChI is InChI=1S/C20H23NO2/c1-2-3-10-21-11-9-13-5-4-6-15-18(13)16(21)12-14-7-8-17(22)20(23)19(14)15/h4-8,16,22-23H,2-3,9-12H2,1H3/t16-/m1/s1. The Morgan fingerprint density at radius 1 is 1.13 bits per heavy atom. The fourth-order valence-electron chi connectivity index (χ4n) is 4.21. The normalized spacial score (nSPS) is 19.3. The molecular formula is C20H23NO2. The van der Waals surface area contributed by atoms with Crippen LogP contribution in [0.5, 0.6) is 11.5 Å². The van der Waals surface area contributed by atoms with Crippen LogP contribution in [-0.2, 0) is 12.8 Å². The second-order valence-corrected chi connectivity index (χ2v) is 6.71. The molecule has 3 heteroatoms. The van der Waals surface area contributed by atoms with E-state index in [1.165, 1.54) is 24.0 Å². The van der Waals surface area contributed by atoms with E-state index in [0.717, 1.165) is 42.6 Å². The van der Waals surface area contributed by atoms with Gasteiger partial charge in [0.2, 0.25) is 0 Å². The molecule has 0 spiro atoms. The average molecular weight is 309 g/mol. The highest BCUT2D eigenvalue weighted by Gasteiger charge is 2.35. The van der Waals surface area contributed by atoms with Crippen LogP contribution >= 0.6 is 0 Å². The molecule has 0 amide bonds. The Labute approximate surface area is 137 Å². The number of phenols is 2. The second-order valence-electron chi connectivity index (χ2n) is 6.71. The van der Waals surface area contributed by atoms with Gasteiger partial charge >= 0.3 is 0 Å². The molecule has 0 saturated heterocycles. The third-order valence-corrected chi connectivity index (χ3v) is 5.36. The molecule has 1 aliphatic heterocycles. The molecule has 2 aromatic rings. The van der Waals surface area contributed by atoms with Crippen molar-refractivity contribution in [2.45, 2.75) is 38.6 Å². The van der Waals surface area contributed by atoms with Gasteiger partial charge < -0.3 is 10.2 Å². The first kappa shape index (κ1) is 14.6. The van der Waals surface area contributed by atoms with Crippen LogP contribution in [0.2, 0.25) is 0 Å². The molecule has 0 aromatic heterocycles. The molecular weight excluding hydrogens is 286 g/mol. The number of rotatable bonds is 3. The van der Waals surface area contributed by atoms with Gasteiger partial charge in [0.1, 0.15) is 0 Å². The minimum Gasteiger partial charge on any atom is -0.504 e. The van der Waals surface area contributed by atoms with Crippen molar-refractivity contribution in [3.8, 4) is 22.6 Å².